The summed E-state index contributed by atoms with van der Waals surface area (Å²) >= 11 is 0. The molecule has 2 atom stereocenters. The van der Waals surface area contributed by atoms with Gasteiger partial charge in [0, 0.05) is 54.0 Å². The zero-order valence-corrected chi connectivity index (χ0v) is 42.6. The lowest BCUT2D eigenvalue weighted by Crippen LogP contribution is -2.52. The normalized spacial score (nSPS) is 22.5. The predicted molar refractivity (Wildman–Crippen MR) is 259 cm³/mol. The molecule has 1 amide bonds. The number of hydrogen-bond donors (Lipinski definition) is 6. The average Bonchev–Trinajstić information content (AvgIpc) is 3.53. The monoisotopic (exact) mass is 1040 g/mol. The summed E-state index contributed by atoms with van der Waals surface area (Å²) in [5, 5.41) is 11.9. The van der Waals surface area contributed by atoms with Crippen molar-refractivity contribution in [3.05, 3.63) is 94.7 Å². The molecule has 0 fully saturated rings. The minimum atomic E-state index is -4.64. The van der Waals surface area contributed by atoms with Crippen LogP contribution in [0.1, 0.15) is 104 Å². The maximum absolute atomic E-state index is 14.4. The molecule has 2 aromatic rings. The van der Waals surface area contributed by atoms with E-state index in [-0.39, 0.29) is 61.5 Å². The van der Waals surface area contributed by atoms with Gasteiger partial charge in [0.25, 0.3) is 40.5 Å². The van der Waals surface area contributed by atoms with Crippen LogP contribution in [0.25, 0.3) is 0 Å². The number of nitrogens with zero attached hydrogens (tertiary/aromatic N) is 2. The second-order valence-corrected chi connectivity index (χ2v) is 25.1. The van der Waals surface area contributed by atoms with Crippen molar-refractivity contribution >= 4 is 69.5 Å². The van der Waals surface area contributed by atoms with Gasteiger partial charge in [-0.15, -0.1) is 0 Å². The van der Waals surface area contributed by atoms with Crippen LogP contribution in [0.15, 0.2) is 93.4 Å². The average molecular weight is 1040 g/mol. The maximum atomic E-state index is 14.4. The molecule has 2 heterocycles. The fraction of sp³-hybridized carbons (Fsp3) is 0.500. The Morgan fingerprint density at radius 1 is 0.710 bits per heavy atom. The molecule has 0 spiro atoms. The van der Waals surface area contributed by atoms with Crippen molar-refractivity contribution in [3.63, 3.8) is 0 Å². The van der Waals surface area contributed by atoms with Crippen molar-refractivity contribution in [2.24, 2.45) is 5.41 Å². The minimum Gasteiger partial charge on any atom is -0.481 e. The van der Waals surface area contributed by atoms with Gasteiger partial charge in [-0.25, -0.2) is 0 Å². The van der Waals surface area contributed by atoms with Gasteiger partial charge in [0.15, 0.2) is 0 Å². The summed E-state index contributed by atoms with van der Waals surface area (Å²) in [5.74, 6) is -3.14. The number of fused-ring (bicyclic) bond motifs is 2. The first-order valence-electron chi connectivity index (χ1n) is 22.2. The number of aliphatic carboxylic acids is 1. The predicted octanol–water partition coefficient (Wildman–Crippen LogP) is 5.81. The lowest BCUT2D eigenvalue weighted by atomic mass is 9.67. The molecule has 0 saturated heterocycles. The first kappa shape index (κ1) is 55.2. The number of Topliss-reactive ketones (excluding diaryl/α,β-unsaturated/α-hetero) is 1. The smallest absolute Gasteiger partial charge is 0.303 e. The Bertz CT molecular complexity index is 2980. The second-order valence-electron chi connectivity index (χ2n) is 19.1. The Morgan fingerprint density at radius 3 is 1.83 bits per heavy atom. The van der Waals surface area contributed by atoms with Crippen molar-refractivity contribution in [1.82, 2.24) is 5.32 Å². The van der Waals surface area contributed by atoms with E-state index in [0.29, 0.717) is 58.6 Å². The van der Waals surface area contributed by atoms with Crippen LogP contribution < -0.4 is 15.1 Å². The summed E-state index contributed by atoms with van der Waals surface area (Å²) in [4.78, 5) is 42.3. The van der Waals surface area contributed by atoms with E-state index in [1.165, 1.54) is 43.3 Å². The van der Waals surface area contributed by atoms with Crippen molar-refractivity contribution in [1.29, 1.82) is 0 Å². The van der Waals surface area contributed by atoms with Crippen LogP contribution in [0, 0.1) is 5.41 Å². The molecular formula is C46H61N3O16S4. The number of carboxylic acid groups (broad SMARTS) is 1. The van der Waals surface area contributed by atoms with Gasteiger partial charge >= 0.3 is 5.97 Å². The molecule has 2 aliphatic heterocycles. The van der Waals surface area contributed by atoms with Gasteiger partial charge in [-0.05, 0) is 117 Å². The molecule has 2 unspecified atom stereocenters. The minimum absolute atomic E-state index is 0.0316. The van der Waals surface area contributed by atoms with Gasteiger partial charge in [-0.2, -0.15) is 33.7 Å². The number of carboxylic acids is 1. The fourth-order valence-corrected chi connectivity index (χ4v) is 11.6. The largest absolute Gasteiger partial charge is 0.481 e. The molecule has 0 aromatic heterocycles. The number of carbonyl (C=O) groups is 3. The van der Waals surface area contributed by atoms with E-state index >= 15 is 0 Å². The molecule has 2 aromatic carbocycles. The summed E-state index contributed by atoms with van der Waals surface area (Å²) in [6.07, 6.45) is 9.78. The van der Waals surface area contributed by atoms with E-state index in [1.54, 1.807) is 43.1 Å². The number of ketones is 1. The van der Waals surface area contributed by atoms with Crippen molar-refractivity contribution < 1.29 is 71.4 Å². The van der Waals surface area contributed by atoms with Crippen LogP contribution in [0.4, 0.5) is 11.4 Å². The van der Waals surface area contributed by atoms with Gasteiger partial charge < -0.3 is 20.2 Å². The second kappa shape index (κ2) is 20.2. The number of nitrogens with one attached hydrogen (secondary N) is 1. The van der Waals surface area contributed by atoms with Crippen LogP contribution >= 0.6 is 0 Å². The highest BCUT2D eigenvalue weighted by atomic mass is 32.2. The van der Waals surface area contributed by atoms with Gasteiger partial charge in [0.1, 0.15) is 11.2 Å². The molecule has 19 nitrogen and oxygen atoms in total. The Labute approximate surface area is 404 Å². The number of amides is 1. The quantitative estimate of drug-likeness (QED) is 0.0488. The van der Waals surface area contributed by atoms with Gasteiger partial charge in [0.2, 0.25) is 5.91 Å². The first-order chi connectivity index (χ1) is 31.6. The topological polar surface area (TPSA) is 307 Å². The lowest BCUT2D eigenvalue weighted by Gasteiger charge is -2.44. The molecule has 23 heteroatoms. The molecule has 380 valence electrons. The number of anilines is 2. The molecule has 0 radical (unpaired) electrons. The Kier molecular flexibility index (Phi) is 16.1. The van der Waals surface area contributed by atoms with Crippen molar-refractivity contribution in [3.8, 4) is 0 Å². The summed E-state index contributed by atoms with van der Waals surface area (Å²) in [6, 6.07) is 8.10. The molecule has 1 aliphatic carbocycles. The van der Waals surface area contributed by atoms with Gasteiger partial charge in [-0.1, -0.05) is 58.4 Å². The van der Waals surface area contributed by atoms with Crippen LogP contribution in [0.2, 0.25) is 0 Å². The van der Waals surface area contributed by atoms with E-state index in [9.17, 15) is 66.3 Å². The van der Waals surface area contributed by atoms with Crippen LogP contribution in [0.5, 0.6) is 0 Å². The maximum Gasteiger partial charge on any atom is 0.303 e. The zero-order valence-electron chi connectivity index (χ0n) is 39.3. The van der Waals surface area contributed by atoms with Crippen LogP contribution in [-0.2, 0) is 65.7 Å². The molecule has 3 aliphatic rings. The molecule has 69 heavy (non-hydrogen) atoms. The number of hydrogen-bond acceptors (Lipinski definition) is 13. The highest BCUT2D eigenvalue weighted by Gasteiger charge is 2.53. The molecule has 0 saturated carbocycles. The number of rotatable bonds is 21. The molecular weight excluding hydrogens is 979 g/mol. The molecule has 6 N–H and O–H groups in total. The van der Waals surface area contributed by atoms with E-state index in [0.717, 1.165) is 0 Å². The highest BCUT2D eigenvalue weighted by molar-refractivity contribution is 7.86. The first-order valence-corrected chi connectivity index (χ1v) is 28.3. The Hall–Kier alpha value is -4.75. The number of unbranched alkanes of at least 4 members (excludes halogenated alkanes) is 2. The number of carbonyl (C=O) groups excluding carboxylic acids is 2. The fourth-order valence-electron chi connectivity index (χ4n) is 9.58. The van der Waals surface area contributed by atoms with E-state index < -0.39 is 91.4 Å². The van der Waals surface area contributed by atoms with E-state index in [1.807, 2.05) is 31.7 Å². The summed E-state index contributed by atoms with van der Waals surface area (Å²) in [7, 11) is -18.0. The van der Waals surface area contributed by atoms with Crippen molar-refractivity contribution in [2.75, 3.05) is 40.9 Å². The third-order valence-corrected chi connectivity index (χ3v) is 17.0. The summed E-state index contributed by atoms with van der Waals surface area (Å²) < 4.78 is 135. The van der Waals surface area contributed by atoms with Gasteiger partial charge in [-0.3, -0.25) is 32.6 Å². The Morgan fingerprint density at radius 2 is 1.28 bits per heavy atom. The van der Waals surface area contributed by atoms with Gasteiger partial charge in [0.05, 0.1) is 26.8 Å². The number of allylic oxidation sites excluding steroid dienone is 7. The standard InChI is InChI=1S/C46H61N3O16S4/c1-31(50)46(42(53)47-21-9-7-8-12-41(51)52)29-32(13-18-40-43(2,3)36-27-34(68(60,61)62)14-16-38(36)48(40)22-10-24-66(54,55)56)26-33(30-46)19-20-45(6)44(4,5)37-28-35(69(63,64)65)15-17-39(37)49(45)23-11-25-67(57,58)59/h13-20,26-28H,7-12,21-25,29-30H2,1-6H3,(H,47,53)(H,51,52)(H,54,55,56)(H,57,58,59)(H,60,61,62)(H,63,64,65)/b20-19+,32-13-,40-18+. The lowest BCUT2D eigenvalue weighted by molar-refractivity contribution is -0.141. The molecule has 0 bridgehead atoms. The third-order valence-electron chi connectivity index (χ3n) is 13.7. The summed E-state index contributed by atoms with van der Waals surface area (Å²) in [5.41, 5.74) is -1.13. The zero-order chi connectivity index (χ0) is 51.8. The summed E-state index contributed by atoms with van der Waals surface area (Å²) in [6.45, 7) is 10.7. The van der Waals surface area contributed by atoms with Crippen LogP contribution in [-0.4, -0.2) is 111 Å². The van der Waals surface area contributed by atoms with E-state index in [2.05, 4.69) is 5.32 Å². The number of benzene rings is 2. The SMILES string of the molecule is CC(=O)C1(C(=O)NCCCCCC(=O)O)CC(/C=C/C2(C)N(CCCS(=O)(=O)O)c3ccc(S(=O)(=O)O)cc3C2(C)C)=CC(=C/C=C2/N(CCCS(=O)(=O)O)c3ccc(S(=O)(=O)O)cc3C2(C)C)/C1. The van der Waals surface area contributed by atoms with E-state index in [4.69, 9.17) is 5.11 Å². The molecule has 5 rings (SSSR count). The highest BCUT2D eigenvalue weighted by Crippen LogP contribution is 2.54. The van der Waals surface area contributed by atoms with Crippen molar-refractivity contribution in [2.45, 2.75) is 119 Å². The Balaban J connectivity index is 1.66. The third kappa shape index (κ3) is 12.4. The van der Waals surface area contributed by atoms with Crippen LogP contribution in [0.3, 0.4) is 0 Å².